The lowest BCUT2D eigenvalue weighted by atomic mass is 9.94. The Labute approximate surface area is 149 Å². The number of carboxylic acid groups (broad SMARTS) is 1. The maximum atomic E-state index is 12.2. The highest BCUT2D eigenvalue weighted by Crippen LogP contribution is 2.29. The number of carboxylic acids is 1. The second-order valence-corrected chi connectivity index (χ2v) is 6.72. The Hall–Kier alpha value is -2.61. The van der Waals surface area contributed by atoms with Gasteiger partial charge in [-0.3, -0.25) is 9.59 Å². The van der Waals surface area contributed by atoms with Gasteiger partial charge in [0.05, 0.1) is 23.7 Å². The van der Waals surface area contributed by atoms with Crippen molar-refractivity contribution < 1.29 is 24.2 Å². The molecule has 2 N–H and O–H groups in total. The smallest absolute Gasteiger partial charge is 0.310 e. The fourth-order valence-electron chi connectivity index (χ4n) is 1.87. The highest BCUT2D eigenvalue weighted by Gasteiger charge is 2.27. The van der Waals surface area contributed by atoms with Crippen LogP contribution in [0.1, 0.15) is 29.9 Å². The Morgan fingerprint density at radius 3 is 2.68 bits per heavy atom. The van der Waals surface area contributed by atoms with Crippen LogP contribution in [0, 0.1) is 5.41 Å². The summed E-state index contributed by atoms with van der Waals surface area (Å²) in [6.45, 7) is 3.42. The molecule has 0 unspecified atom stereocenters. The van der Waals surface area contributed by atoms with Crippen molar-refractivity contribution in [1.82, 2.24) is 10.3 Å². The van der Waals surface area contributed by atoms with E-state index in [1.165, 1.54) is 18.4 Å². The molecule has 25 heavy (non-hydrogen) atoms. The van der Waals surface area contributed by atoms with Gasteiger partial charge in [-0.1, -0.05) is 0 Å². The molecule has 1 amide bonds. The molecule has 0 spiro atoms. The van der Waals surface area contributed by atoms with Gasteiger partial charge in [0, 0.05) is 17.5 Å². The second-order valence-electron chi connectivity index (χ2n) is 6.01. The molecule has 0 fully saturated rings. The van der Waals surface area contributed by atoms with Crippen molar-refractivity contribution in [3.8, 4) is 11.5 Å². The third-order valence-electron chi connectivity index (χ3n) is 3.55. The molecule has 0 saturated carbocycles. The molecule has 1 aromatic heterocycles. The predicted molar refractivity (Wildman–Crippen MR) is 93.2 cm³/mol. The highest BCUT2D eigenvalue weighted by molar-refractivity contribution is 7.07. The molecule has 2 rings (SSSR count). The van der Waals surface area contributed by atoms with Crippen molar-refractivity contribution >= 4 is 23.2 Å². The van der Waals surface area contributed by atoms with E-state index >= 15 is 0 Å². The van der Waals surface area contributed by atoms with E-state index in [0.717, 1.165) is 5.69 Å². The van der Waals surface area contributed by atoms with E-state index in [1.807, 2.05) is 5.38 Å². The van der Waals surface area contributed by atoms with Crippen LogP contribution in [0.4, 0.5) is 0 Å². The quantitative estimate of drug-likeness (QED) is 0.747. The normalized spacial score (nSPS) is 11.0. The Balaban J connectivity index is 2.04. The first-order valence-electron chi connectivity index (χ1n) is 7.53. The molecule has 8 heteroatoms. The van der Waals surface area contributed by atoms with Gasteiger partial charge in [0.15, 0.2) is 11.5 Å². The number of carbonyl (C=O) groups is 2. The number of ether oxygens (including phenoxy) is 2. The number of nitrogens with zero attached hydrogens (tertiary/aromatic N) is 1. The first kappa shape index (κ1) is 18.7. The lowest BCUT2D eigenvalue weighted by Crippen LogP contribution is -2.38. The minimum absolute atomic E-state index is 0.0194. The van der Waals surface area contributed by atoms with Crippen molar-refractivity contribution in [1.29, 1.82) is 0 Å². The number of aromatic nitrogens is 1. The molecule has 0 radical (unpaired) electrons. The predicted octanol–water partition coefficient (Wildman–Crippen LogP) is 2.57. The monoisotopic (exact) mass is 364 g/mol. The molecule has 0 atom stereocenters. The summed E-state index contributed by atoms with van der Waals surface area (Å²) in [6, 6.07) is 4.80. The van der Waals surface area contributed by atoms with Crippen LogP contribution in [-0.2, 0) is 11.4 Å². The summed E-state index contributed by atoms with van der Waals surface area (Å²) in [7, 11) is 1.49. The molecule has 0 bridgehead atoms. The van der Waals surface area contributed by atoms with Crippen LogP contribution in [0.3, 0.4) is 0 Å². The second kappa shape index (κ2) is 7.98. The Morgan fingerprint density at radius 1 is 1.32 bits per heavy atom. The van der Waals surface area contributed by atoms with Gasteiger partial charge in [0.1, 0.15) is 6.61 Å². The lowest BCUT2D eigenvalue weighted by Gasteiger charge is -2.19. The molecule has 1 aromatic carbocycles. The first-order valence-corrected chi connectivity index (χ1v) is 8.47. The van der Waals surface area contributed by atoms with Gasteiger partial charge in [0.25, 0.3) is 5.91 Å². The van der Waals surface area contributed by atoms with Crippen molar-refractivity contribution in [2.45, 2.75) is 20.5 Å². The lowest BCUT2D eigenvalue weighted by molar-refractivity contribution is -0.146. The van der Waals surface area contributed by atoms with Crippen molar-refractivity contribution in [2.24, 2.45) is 5.41 Å². The topological polar surface area (TPSA) is 97.8 Å². The highest BCUT2D eigenvalue weighted by atomic mass is 32.1. The van der Waals surface area contributed by atoms with Crippen LogP contribution in [0.2, 0.25) is 0 Å². The molecule has 0 aliphatic carbocycles. The van der Waals surface area contributed by atoms with Gasteiger partial charge in [-0.15, -0.1) is 11.3 Å². The molecule has 0 aliphatic heterocycles. The zero-order valence-electron chi connectivity index (χ0n) is 14.2. The van der Waals surface area contributed by atoms with Gasteiger partial charge < -0.3 is 19.9 Å². The molecule has 0 saturated heterocycles. The van der Waals surface area contributed by atoms with Crippen LogP contribution in [0.15, 0.2) is 29.1 Å². The zero-order valence-corrected chi connectivity index (χ0v) is 15.1. The fraction of sp³-hybridized carbons (Fsp3) is 0.353. The van der Waals surface area contributed by atoms with Gasteiger partial charge in [-0.2, -0.15) is 0 Å². The molecule has 7 nitrogen and oxygen atoms in total. The number of hydrogen-bond acceptors (Lipinski definition) is 6. The summed E-state index contributed by atoms with van der Waals surface area (Å²) in [5, 5.41) is 13.6. The zero-order chi connectivity index (χ0) is 18.4. The van der Waals surface area contributed by atoms with E-state index in [2.05, 4.69) is 10.3 Å². The SMILES string of the molecule is COc1cc(C(=O)NCC(C)(C)C(=O)O)ccc1OCc1cscn1. The third-order valence-corrected chi connectivity index (χ3v) is 4.19. The number of amides is 1. The average molecular weight is 364 g/mol. The average Bonchev–Trinajstić information content (AvgIpc) is 3.11. The number of hydrogen-bond donors (Lipinski definition) is 2. The van der Waals surface area contributed by atoms with Crippen LogP contribution >= 0.6 is 11.3 Å². The number of nitrogens with one attached hydrogen (secondary N) is 1. The van der Waals surface area contributed by atoms with Gasteiger partial charge in [-0.05, 0) is 32.0 Å². The van der Waals surface area contributed by atoms with E-state index in [4.69, 9.17) is 14.6 Å². The van der Waals surface area contributed by atoms with E-state index in [-0.39, 0.29) is 12.5 Å². The number of rotatable bonds is 8. The summed E-state index contributed by atoms with van der Waals surface area (Å²) in [5.74, 6) is -0.437. The number of methoxy groups -OCH3 is 1. The van der Waals surface area contributed by atoms with Crippen LogP contribution in [0.25, 0.3) is 0 Å². The maximum absolute atomic E-state index is 12.2. The minimum atomic E-state index is -1.05. The Bertz CT molecular complexity index is 744. The molecular weight excluding hydrogens is 344 g/mol. The van der Waals surface area contributed by atoms with E-state index in [1.54, 1.807) is 37.6 Å². The summed E-state index contributed by atoms with van der Waals surface area (Å²) in [4.78, 5) is 27.5. The molecule has 1 heterocycles. The van der Waals surface area contributed by atoms with E-state index < -0.39 is 11.4 Å². The molecule has 2 aromatic rings. The Kier molecular flexibility index (Phi) is 5.97. The van der Waals surface area contributed by atoms with Crippen LogP contribution < -0.4 is 14.8 Å². The number of aliphatic carboxylic acids is 1. The first-order chi connectivity index (χ1) is 11.8. The minimum Gasteiger partial charge on any atom is -0.493 e. The van der Waals surface area contributed by atoms with Gasteiger partial charge in [0.2, 0.25) is 0 Å². The van der Waals surface area contributed by atoms with Crippen molar-refractivity contribution in [3.05, 3.63) is 40.3 Å². The summed E-state index contributed by atoms with van der Waals surface area (Å²) in [6.07, 6.45) is 0. The van der Waals surface area contributed by atoms with Crippen molar-refractivity contribution in [2.75, 3.05) is 13.7 Å². The summed E-state index contributed by atoms with van der Waals surface area (Å²) >= 11 is 1.48. The fourth-order valence-corrected chi connectivity index (χ4v) is 2.41. The van der Waals surface area contributed by atoms with Gasteiger partial charge >= 0.3 is 5.97 Å². The number of carbonyl (C=O) groups excluding carboxylic acids is 1. The molecule has 134 valence electrons. The molecular formula is C17H20N2O5S. The summed E-state index contributed by atoms with van der Waals surface area (Å²) in [5.41, 5.74) is 1.85. The number of thiazole rings is 1. The van der Waals surface area contributed by atoms with Crippen LogP contribution in [-0.4, -0.2) is 35.6 Å². The van der Waals surface area contributed by atoms with E-state index in [9.17, 15) is 9.59 Å². The third kappa shape index (κ3) is 4.93. The van der Waals surface area contributed by atoms with Gasteiger partial charge in [-0.25, -0.2) is 4.98 Å². The van der Waals surface area contributed by atoms with Crippen LogP contribution in [0.5, 0.6) is 11.5 Å². The molecule has 0 aliphatic rings. The Morgan fingerprint density at radius 2 is 2.08 bits per heavy atom. The van der Waals surface area contributed by atoms with Crippen molar-refractivity contribution in [3.63, 3.8) is 0 Å². The van der Waals surface area contributed by atoms with E-state index in [0.29, 0.717) is 23.7 Å². The maximum Gasteiger partial charge on any atom is 0.310 e. The number of benzene rings is 1. The largest absolute Gasteiger partial charge is 0.493 e. The summed E-state index contributed by atoms with van der Waals surface area (Å²) < 4.78 is 10.9. The standard InChI is InChI=1S/C17H20N2O5S/c1-17(2,16(21)22)9-18-15(20)11-4-5-13(14(6-11)23-3)24-7-12-8-25-10-19-12/h4-6,8,10H,7,9H2,1-3H3,(H,18,20)(H,21,22).